The molecule has 0 radical (unpaired) electrons. The Labute approximate surface area is 181 Å². The molecule has 0 saturated carbocycles. The van der Waals surface area contributed by atoms with Gasteiger partial charge in [-0.25, -0.2) is 4.68 Å². The third-order valence-corrected chi connectivity index (χ3v) is 5.25. The second-order valence-electron chi connectivity index (χ2n) is 7.52. The first-order valence-electron chi connectivity index (χ1n) is 10.8. The molecule has 31 heavy (non-hydrogen) atoms. The van der Waals surface area contributed by atoms with Gasteiger partial charge in [-0.2, -0.15) is 5.10 Å². The molecule has 1 aliphatic rings. The highest BCUT2D eigenvalue weighted by molar-refractivity contribution is 5.94. The van der Waals surface area contributed by atoms with Crippen molar-refractivity contribution in [3.63, 3.8) is 0 Å². The Balaban J connectivity index is 1.26. The average Bonchev–Trinajstić information content (AvgIpc) is 3.35. The number of ether oxygens (including phenoxy) is 2. The Morgan fingerprint density at radius 1 is 1.10 bits per heavy atom. The van der Waals surface area contributed by atoms with E-state index in [-0.39, 0.29) is 12.0 Å². The van der Waals surface area contributed by atoms with E-state index in [1.165, 1.54) is 0 Å². The van der Waals surface area contributed by atoms with E-state index in [1.54, 1.807) is 16.9 Å². The van der Waals surface area contributed by atoms with Crippen molar-refractivity contribution in [1.82, 2.24) is 24.9 Å². The molecule has 0 aliphatic carbocycles. The molecule has 8 heteroatoms. The number of unbranched alkanes of at least 4 members (excludes halogenated alkanes) is 1. The second-order valence-corrected chi connectivity index (χ2v) is 7.52. The van der Waals surface area contributed by atoms with Crippen LogP contribution in [0.2, 0.25) is 0 Å². The summed E-state index contributed by atoms with van der Waals surface area (Å²) in [6.45, 7) is 4.13. The van der Waals surface area contributed by atoms with Gasteiger partial charge in [0, 0.05) is 50.0 Å². The first kappa shape index (κ1) is 20.8. The molecule has 0 unspecified atom stereocenters. The zero-order valence-electron chi connectivity index (χ0n) is 17.7. The van der Waals surface area contributed by atoms with E-state index >= 15 is 0 Å². The SMILES string of the molecule is CCCCOc1ccc(C(=O)N2CCC(Oc3ccc(-n4cccn4)nn3)CC2)cc1. The van der Waals surface area contributed by atoms with Crippen molar-refractivity contribution in [3.8, 4) is 17.4 Å². The third-order valence-electron chi connectivity index (χ3n) is 5.25. The molecule has 4 rings (SSSR count). The molecule has 1 aliphatic heterocycles. The van der Waals surface area contributed by atoms with Gasteiger partial charge < -0.3 is 14.4 Å². The van der Waals surface area contributed by atoms with Gasteiger partial charge in [0.2, 0.25) is 5.88 Å². The first-order chi connectivity index (χ1) is 15.2. The van der Waals surface area contributed by atoms with Crippen LogP contribution in [0.3, 0.4) is 0 Å². The molecule has 1 amide bonds. The molecule has 1 aromatic carbocycles. The number of hydrogen-bond donors (Lipinski definition) is 0. The molecular formula is C23H27N5O3. The van der Waals surface area contributed by atoms with Crippen molar-refractivity contribution in [2.75, 3.05) is 19.7 Å². The van der Waals surface area contributed by atoms with E-state index in [0.29, 0.717) is 37.0 Å². The Morgan fingerprint density at radius 3 is 2.55 bits per heavy atom. The maximum atomic E-state index is 12.8. The summed E-state index contributed by atoms with van der Waals surface area (Å²) >= 11 is 0. The summed E-state index contributed by atoms with van der Waals surface area (Å²) in [5.41, 5.74) is 0.683. The molecule has 0 atom stereocenters. The number of rotatable bonds is 8. The van der Waals surface area contributed by atoms with Crippen molar-refractivity contribution in [2.24, 2.45) is 0 Å². The lowest BCUT2D eigenvalue weighted by atomic mass is 10.1. The average molecular weight is 422 g/mol. The zero-order valence-corrected chi connectivity index (χ0v) is 17.7. The van der Waals surface area contributed by atoms with Gasteiger partial charge in [0.15, 0.2) is 5.82 Å². The molecule has 0 spiro atoms. The van der Waals surface area contributed by atoms with Crippen LogP contribution in [0.1, 0.15) is 43.0 Å². The summed E-state index contributed by atoms with van der Waals surface area (Å²) in [6, 6.07) is 12.9. The monoisotopic (exact) mass is 421 g/mol. The van der Waals surface area contributed by atoms with Gasteiger partial charge in [0.25, 0.3) is 5.91 Å². The van der Waals surface area contributed by atoms with E-state index in [9.17, 15) is 4.79 Å². The highest BCUT2D eigenvalue weighted by Crippen LogP contribution is 2.20. The lowest BCUT2D eigenvalue weighted by Gasteiger charge is -2.32. The predicted octanol–water partition coefficient (Wildman–Crippen LogP) is 3.52. The molecule has 3 aromatic rings. The third kappa shape index (κ3) is 5.39. The fourth-order valence-corrected chi connectivity index (χ4v) is 3.46. The van der Waals surface area contributed by atoms with E-state index in [0.717, 1.165) is 31.4 Å². The minimum absolute atomic E-state index is 0.0169. The van der Waals surface area contributed by atoms with Crippen LogP contribution in [0.25, 0.3) is 5.82 Å². The summed E-state index contributed by atoms with van der Waals surface area (Å²) in [5.74, 6) is 1.97. The number of hydrogen-bond acceptors (Lipinski definition) is 6. The number of nitrogens with zero attached hydrogens (tertiary/aromatic N) is 5. The fraction of sp³-hybridized carbons (Fsp3) is 0.391. The van der Waals surface area contributed by atoms with Gasteiger partial charge >= 0.3 is 0 Å². The molecule has 8 nitrogen and oxygen atoms in total. The molecule has 2 aromatic heterocycles. The van der Waals surface area contributed by atoms with Crippen molar-refractivity contribution in [1.29, 1.82) is 0 Å². The summed E-state index contributed by atoms with van der Waals surface area (Å²) in [7, 11) is 0. The van der Waals surface area contributed by atoms with Crippen molar-refractivity contribution in [3.05, 3.63) is 60.4 Å². The van der Waals surface area contributed by atoms with Crippen LogP contribution >= 0.6 is 0 Å². The molecule has 1 fully saturated rings. The lowest BCUT2D eigenvalue weighted by molar-refractivity contribution is 0.0586. The Hall–Kier alpha value is -3.42. The number of benzene rings is 1. The molecule has 162 valence electrons. The van der Waals surface area contributed by atoms with Gasteiger partial charge in [-0.3, -0.25) is 4.79 Å². The summed E-state index contributed by atoms with van der Waals surface area (Å²) in [4.78, 5) is 14.7. The number of carbonyl (C=O) groups excluding carboxylic acids is 1. The van der Waals surface area contributed by atoms with Gasteiger partial charge in [0.1, 0.15) is 11.9 Å². The summed E-state index contributed by atoms with van der Waals surface area (Å²) in [6.07, 6.45) is 7.15. The number of amides is 1. The summed E-state index contributed by atoms with van der Waals surface area (Å²) in [5, 5.41) is 12.4. The van der Waals surface area contributed by atoms with Crippen molar-refractivity contribution in [2.45, 2.75) is 38.7 Å². The lowest BCUT2D eigenvalue weighted by Crippen LogP contribution is -2.41. The van der Waals surface area contributed by atoms with Crippen LogP contribution in [-0.2, 0) is 0 Å². The van der Waals surface area contributed by atoms with Crippen LogP contribution in [0, 0.1) is 0 Å². The molecule has 0 bridgehead atoms. The smallest absolute Gasteiger partial charge is 0.253 e. The standard InChI is InChI=1S/C23H27N5O3/c1-2-3-17-30-19-7-5-18(6-8-19)23(29)27-15-11-20(12-16-27)31-22-10-9-21(25-26-22)28-14-4-13-24-28/h4-10,13-14,20H,2-3,11-12,15-17H2,1H3. The van der Waals surface area contributed by atoms with Crippen LogP contribution in [0.4, 0.5) is 0 Å². The first-order valence-corrected chi connectivity index (χ1v) is 10.8. The topological polar surface area (TPSA) is 82.4 Å². The number of aromatic nitrogens is 4. The summed E-state index contributed by atoms with van der Waals surface area (Å²) < 4.78 is 13.3. The van der Waals surface area contributed by atoms with Crippen molar-refractivity contribution < 1.29 is 14.3 Å². The fourth-order valence-electron chi connectivity index (χ4n) is 3.46. The maximum absolute atomic E-state index is 12.8. The highest BCUT2D eigenvalue weighted by atomic mass is 16.5. The maximum Gasteiger partial charge on any atom is 0.253 e. The van der Waals surface area contributed by atoms with Crippen molar-refractivity contribution >= 4 is 5.91 Å². The van der Waals surface area contributed by atoms with E-state index < -0.39 is 0 Å². The minimum atomic E-state index is 0.0169. The Kier molecular flexibility index (Phi) is 6.76. The predicted molar refractivity (Wildman–Crippen MR) is 116 cm³/mol. The number of carbonyl (C=O) groups is 1. The number of piperidine rings is 1. The zero-order chi connectivity index (χ0) is 21.5. The van der Waals surface area contributed by atoms with Gasteiger partial charge in [-0.1, -0.05) is 13.3 Å². The van der Waals surface area contributed by atoms with E-state index in [4.69, 9.17) is 9.47 Å². The Morgan fingerprint density at radius 2 is 1.90 bits per heavy atom. The van der Waals surface area contributed by atoms with Gasteiger partial charge in [0.05, 0.1) is 6.61 Å². The molecule has 0 N–H and O–H groups in total. The molecule has 3 heterocycles. The highest BCUT2D eigenvalue weighted by Gasteiger charge is 2.25. The molecular weight excluding hydrogens is 394 g/mol. The second kappa shape index (κ2) is 10.1. The van der Waals surface area contributed by atoms with E-state index in [1.807, 2.05) is 47.5 Å². The quantitative estimate of drug-likeness (QED) is 0.518. The normalized spacial score (nSPS) is 14.4. The van der Waals surface area contributed by atoms with E-state index in [2.05, 4.69) is 22.2 Å². The van der Waals surface area contributed by atoms with Crippen LogP contribution in [-0.4, -0.2) is 56.6 Å². The van der Waals surface area contributed by atoms with Crippen LogP contribution in [0.5, 0.6) is 11.6 Å². The van der Waals surface area contributed by atoms with Gasteiger partial charge in [-0.05, 0) is 42.8 Å². The Bertz CT molecular complexity index is 950. The van der Waals surface area contributed by atoms with Crippen LogP contribution in [0.15, 0.2) is 54.9 Å². The largest absolute Gasteiger partial charge is 0.494 e. The minimum Gasteiger partial charge on any atom is -0.494 e. The van der Waals surface area contributed by atoms with Gasteiger partial charge in [-0.15, -0.1) is 10.2 Å². The number of likely N-dealkylation sites (tertiary alicyclic amines) is 1. The molecule has 1 saturated heterocycles. The van der Waals surface area contributed by atoms with Crippen LogP contribution < -0.4 is 9.47 Å².